The van der Waals surface area contributed by atoms with E-state index < -0.39 is 12.1 Å². The lowest BCUT2D eigenvalue weighted by atomic mass is 10.0. The van der Waals surface area contributed by atoms with Gasteiger partial charge in [0.25, 0.3) is 5.91 Å². The van der Waals surface area contributed by atoms with E-state index in [1.807, 2.05) is 31.2 Å². The number of likely N-dealkylation sites (tertiary alicyclic amines) is 1. The smallest absolute Gasteiger partial charge is 0.322 e. The third-order valence-electron chi connectivity index (χ3n) is 4.96. The number of carbonyl (C=O) groups excluding carboxylic acids is 4. The first-order chi connectivity index (χ1) is 12.9. The van der Waals surface area contributed by atoms with Gasteiger partial charge in [-0.3, -0.25) is 19.7 Å². The zero-order valence-electron chi connectivity index (χ0n) is 15.3. The summed E-state index contributed by atoms with van der Waals surface area (Å²) in [5.74, 6) is -0.672. The molecule has 0 aliphatic carbocycles. The normalized spacial score (nSPS) is 21.1. The Bertz CT molecular complexity index is 739. The molecule has 1 aromatic rings. The monoisotopic (exact) mass is 372 g/mol. The van der Waals surface area contributed by atoms with Crippen molar-refractivity contribution in [2.75, 3.05) is 13.1 Å². The second-order valence-electron chi connectivity index (χ2n) is 7.05. The van der Waals surface area contributed by atoms with Crippen LogP contribution in [0.5, 0.6) is 0 Å². The third-order valence-corrected chi connectivity index (χ3v) is 4.96. The van der Waals surface area contributed by atoms with Crippen LogP contribution < -0.4 is 16.0 Å². The lowest BCUT2D eigenvalue weighted by Gasteiger charge is -2.33. The molecule has 5 amide bonds. The van der Waals surface area contributed by atoms with Crippen molar-refractivity contribution in [3.63, 3.8) is 0 Å². The fourth-order valence-corrected chi connectivity index (χ4v) is 3.34. The first-order valence-electron chi connectivity index (χ1n) is 9.19. The Morgan fingerprint density at radius 2 is 1.74 bits per heavy atom. The molecule has 2 fully saturated rings. The SMILES string of the molecule is Cc1ccc(C(=O)N2CCC(NC(=O)[C@@H]3CCC(=O)NC(=O)N3)CC2)cc1. The van der Waals surface area contributed by atoms with Crippen molar-refractivity contribution in [1.82, 2.24) is 20.9 Å². The van der Waals surface area contributed by atoms with Gasteiger partial charge in [0.05, 0.1) is 0 Å². The Labute approximate surface area is 157 Å². The molecule has 0 aromatic heterocycles. The lowest BCUT2D eigenvalue weighted by molar-refractivity contribution is -0.124. The van der Waals surface area contributed by atoms with Gasteiger partial charge in [0.1, 0.15) is 6.04 Å². The number of piperidine rings is 1. The van der Waals surface area contributed by atoms with Gasteiger partial charge >= 0.3 is 6.03 Å². The summed E-state index contributed by atoms with van der Waals surface area (Å²) in [5.41, 5.74) is 1.77. The summed E-state index contributed by atoms with van der Waals surface area (Å²) in [6, 6.07) is 6.08. The van der Waals surface area contributed by atoms with Gasteiger partial charge in [-0.05, 0) is 38.3 Å². The summed E-state index contributed by atoms with van der Waals surface area (Å²) >= 11 is 0. The predicted molar refractivity (Wildman–Crippen MR) is 97.9 cm³/mol. The molecule has 2 aliphatic heterocycles. The molecule has 2 saturated heterocycles. The number of amides is 5. The Balaban J connectivity index is 1.49. The van der Waals surface area contributed by atoms with Crippen LogP contribution in [0.2, 0.25) is 0 Å². The summed E-state index contributed by atoms with van der Waals surface area (Å²) in [6.45, 7) is 3.11. The standard InChI is InChI=1S/C19H24N4O4/c1-12-2-4-13(5-3-12)18(26)23-10-8-14(9-11-23)20-17(25)15-6-7-16(24)22-19(27)21-15/h2-5,14-15H,6-11H2,1H3,(H,20,25)(H2,21,22,24,27)/t15-/m0/s1. The maximum Gasteiger partial charge on any atom is 0.322 e. The summed E-state index contributed by atoms with van der Waals surface area (Å²) in [7, 11) is 0. The molecule has 2 heterocycles. The van der Waals surface area contributed by atoms with Crippen molar-refractivity contribution in [1.29, 1.82) is 0 Å². The molecule has 0 radical (unpaired) electrons. The highest BCUT2D eigenvalue weighted by Gasteiger charge is 2.29. The Hall–Kier alpha value is -2.90. The Morgan fingerprint density at radius 1 is 1.07 bits per heavy atom. The van der Waals surface area contributed by atoms with Crippen LogP contribution in [0.15, 0.2) is 24.3 Å². The molecule has 0 saturated carbocycles. The molecule has 3 rings (SSSR count). The molecule has 8 nitrogen and oxygen atoms in total. The maximum absolute atomic E-state index is 12.5. The van der Waals surface area contributed by atoms with Gasteiger partial charge in [0.15, 0.2) is 0 Å². The van der Waals surface area contributed by atoms with Crippen molar-refractivity contribution in [2.24, 2.45) is 0 Å². The van der Waals surface area contributed by atoms with Gasteiger partial charge in [-0.1, -0.05) is 17.7 Å². The number of aryl methyl sites for hydroxylation is 1. The maximum atomic E-state index is 12.5. The van der Waals surface area contributed by atoms with Gasteiger partial charge in [-0.15, -0.1) is 0 Å². The molecule has 144 valence electrons. The van der Waals surface area contributed by atoms with Crippen molar-refractivity contribution in [2.45, 2.75) is 44.7 Å². The average molecular weight is 372 g/mol. The van der Waals surface area contributed by atoms with Gasteiger partial charge in [-0.2, -0.15) is 0 Å². The summed E-state index contributed by atoms with van der Waals surface area (Å²) in [4.78, 5) is 49.6. The molecule has 1 atom stereocenters. The van der Waals surface area contributed by atoms with Crippen molar-refractivity contribution >= 4 is 23.8 Å². The topological polar surface area (TPSA) is 108 Å². The Morgan fingerprint density at radius 3 is 2.41 bits per heavy atom. The molecule has 2 aliphatic rings. The van der Waals surface area contributed by atoms with E-state index in [4.69, 9.17) is 0 Å². The van der Waals surface area contributed by atoms with Crippen LogP contribution in [0.25, 0.3) is 0 Å². The highest BCUT2D eigenvalue weighted by atomic mass is 16.2. The van der Waals surface area contributed by atoms with E-state index in [1.165, 1.54) is 0 Å². The highest BCUT2D eigenvalue weighted by molar-refractivity contribution is 5.98. The number of nitrogens with zero attached hydrogens (tertiary/aromatic N) is 1. The minimum absolute atomic E-state index is 0.000366. The number of carbonyl (C=O) groups is 4. The largest absolute Gasteiger partial charge is 0.351 e. The average Bonchev–Trinajstić information content (AvgIpc) is 2.82. The first kappa shape index (κ1) is 18.9. The molecule has 27 heavy (non-hydrogen) atoms. The van der Waals surface area contributed by atoms with Crippen LogP contribution in [0, 0.1) is 6.92 Å². The van der Waals surface area contributed by atoms with E-state index in [-0.39, 0.29) is 36.6 Å². The number of rotatable bonds is 3. The molecule has 8 heteroatoms. The van der Waals surface area contributed by atoms with Crippen LogP contribution in [-0.4, -0.2) is 53.8 Å². The van der Waals surface area contributed by atoms with E-state index in [2.05, 4.69) is 16.0 Å². The number of hydrogen-bond donors (Lipinski definition) is 3. The fourth-order valence-electron chi connectivity index (χ4n) is 3.34. The molecule has 0 spiro atoms. The Kier molecular flexibility index (Phi) is 5.73. The number of nitrogens with one attached hydrogen (secondary N) is 3. The second kappa shape index (κ2) is 8.20. The molecule has 3 N–H and O–H groups in total. The van der Waals surface area contributed by atoms with E-state index in [1.54, 1.807) is 4.90 Å². The van der Waals surface area contributed by atoms with Gasteiger partial charge in [0, 0.05) is 31.1 Å². The number of benzene rings is 1. The van der Waals surface area contributed by atoms with Gasteiger partial charge < -0.3 is 15.5 Å². The first-order valence-corrected chi connectivity index (χ1v) is 9.19. The van der Waals surface area contributed by atoms with E-state index in [0.717, 1.165) is 5.56 Å². The number of imide groups is 1. The summed E-state index contributed by atoms with van der Waals surface area (Å²) < 4.78 is 0. The third kappa shape index (κ3) is 4.84. The van der Waals surface area contributed by atoms with Crippen LogP contribution in [0.1, 0.15) is 41.6 Å². The lowest BCUT2D eigenvalue weighted by Crippen LogP contribution is -2.53. The molecule has 1 aromatic carbocycles. The fraction of sp³-hybridized carbons (Fsp3) is 0.474. The van der Waals surface area contributed by atoms with E-state index in [9.17, 15) is 19.2 Å². The predicted octanol–water partition coefficient (Wildman–Crippen LogP) is 0.704. The van der Waals surface area contributed by atoms with Crippen molar-refractivity contribution < 1.29 is 19.2 Å². The number of hydrogen-bond acceptors (Lipinski definition) is 4. The molecular formula is C19H24N4O4. The zero-order chi connectivity index (χ0) is 19.4. The van der Waals surface area contributed by atoms with Crippen LogP contribution >= 0.6 is 0 Å². The zero-order valence-corrected chi connectivity index (χ0v) is 15.3. The number of urea groups is 1. The molecular weight excluding hydrogens is 348 g/mol. The van der Waals surface area contributed by atoms with Gasteiger partial charge in [0.2, 0.25) is 11.8 Å². The molecule has 0 bridgehead atoms. The van der Waals surface area contributed by atoms with Crippen molar-refractivity contribution in [3.8, 4) is 0 Å². The summed E-state index contributed by atoms with van der Waals surface area (Å²) in [6.07, 6.45) is 1.71. The quantitative estimate of drug-likeness (QED) is 0.726. The van der Waals surface area contributed by atoms with Crippen LogP contribution in [-0.2, 0) is 9.59 Å². The second-order valence-corrected chi connectivity index (χ2v) is 7.05. The minimum Gasteiger partial charge on any atom is -0.351 e. The molecule has 0 unspecified atom stereocenters. The van der Waals surface area contributed by atoms with Crippen LogP contribution in [0.3, 0.4) is 0 Å². The van der Waals surface area contributed by atoms with E-state index >= 15 is 0 Å². The van der Waals surface area contributed by atoms with E-state index in [0.29, 0.717) is 31.5 Å². The van der Waals surface area contributed by atoms with Crippen LogP contribution in [0.4, 0.5) is 4.79 Å². The van der Waals surface area contributed by atoms with Gasteiger partial charge in [-0.25, -0.2) is 4.79 Å². The minimum atomic E-state index is -0.719. The highest BCUT2D eigenvalue weighted by Crippen LogP contribution is 2.15. The summed E-state index contributed by atoms with van der Waals surface area (Å²) in [5, 5.41) is 7.59. The van der Waals surface area contributed by atoms with Crippen molar-refractivity contribution in [3.05, 3.63) is 35.4 Å².